The van der Waals surface area contributed by atoms with E-state index in [-0.39, 0.29) is 61.8 Å². The van der Waals surface area contributed by atoms with Crippen LogP contribution in [0.2, 0.25) is 0 Å². The first-order chi connectivity index (χ1) is 23.1. The van der Waals surface area contributed by atoms with E-state index in [2.05, 4.69) is 6.92 Å². The van der Waals surface area contributed by atoms with E-state index in [9.17, 15) is 18.1 Å². The molecule has 1 aromatic rings. The lowest BCUT2D eigenvalue weighted by Gasteiger charge is -2.71. The highest BCUT2D eigenvalue weighted by Gasteiger charge is 2.77. The number of hydrogen-bond acceptors (Lipinski definition) is 11. The van der Waals surface area contributed by atoms with E-state index in [1.807, 2.05) is 26.8 Å². The second-order valence-electron chi connectivity index (χ2n) is 15.9. The van der Waals surface area contributed by atoms with E-state index in [1.165, 1.54) is 6.07 Å². The molecule has 13 heteroatoms. The van der Waals surface area contributed by atoms with Gasteiger partial charge in [-0.3, -0.25) is 4.55 Å². The van der Waals surface area contributed by atoms with E-state index in [4.69, 9.17) is 37.9 Å². The Kier molecular flexibility index (Phi) is 10.4. The van der Waals surface area contributed by atoms with Crippen LogP contribution in [0.1, 0.15) is 76.8 Å². The van der Waals surface area contributed by atoms with Crippen LogP contribution in [0.25, 0.3) is 0 Å². The molecule has 278 valence electrons. The summed E-state index contributed by atoms with van der Waals surface area (Å²) in [6.45, 7) is 8.54. The Morgan fingerprint density at radius 3 is 2.37 bits per heavy atom. The zero-order valence-corrected chi connectivity index (χ0v) is 30.9. The molecular formula is C36H56O12S. The van der Waals surface area contributed by atoms with Gasteiger partial charge in [-0.2, -0.15) is 8.42 Å². The zero-order valence-electron chi connectivity index (χ0n) is 30.1. The first kappa shape index (κ1) is 37.5. The van der Waals surface area contributed by atoms with Gasteiger partial charge in [0.05, 0.1) is 46.4 Å². The second-order valence-corrected chi connectivity index (χ2v) is 17.3. The van der Waals surface area contributed by atoms with E-state index < -0.39 is 44.0 Å². The van der Waals surface area contributed by atoms with Crippen LogP contribution in [0.5, 0.6) is 0 Å². The third kappa shape index (κ3) is 6.22. The number of ether oxygens (including phenoxy) is 8. The van der Waals surface area contributed by atoms with Crippen molar-refractivity contribution < 1.29 is 56.0 Å². The lowest BCUT2D eigenvalue weighted by molar-refractivity contribution is -0.409. The molecule has 12 nitrogen and oxygen atoms in total. The van der Waals surface area contributed by atoms with Crippen molar-refractivity contribution in [3.63, 3.8) is 0 Å². The topological polar surface area (TPSA) is 148 Å². The fourth-order valence-electron chi connectivity index (χ4n) is 11.1. The molecule has 5 fully saturated rings. The van der Waals surface area contributed by atoms with Gasteiger partial charge in [0.25, 0.3) is 10.1 Å². The summed E-state index contributed by atoms with van der Waals surface area (Å²) in [4.78, 5) is -0.0612. The summed E-state index contributed by atoms with van der Waals surface area (Å²) >= 11 is 0. The second kappa shape index (κ2) is 13.6. The highest BCUT2D eigenvalue weighted by Crippen LogP contribution is 2.72. The smallest absolute Gasteiger partial charge is 0.294 e. The van der Waals surface area contributed by atoms with Crippen molar-refractivity contribution in [2.45, 2.75) is 119 Å². The van der Waals surface area contributed by atoms with Crippen molar-refractivity contribution in [2.24, 2.45) is 28.6 Å². The van der Waals surface area contributed by atoms with E-state index in [1.54, 1.807) is 27.4 Å². The van der Waals surface area contributed by atoms with Gasteiger partial charge in [0.15, 0.2) is 5.79 Å². The fraction of sp³-hybridized carbons (Fsp3) is 0.833. The summed E-state index contributed by atoms with van der Waals surface area (Å²) in [6.07, 6.45) is 3.60. The van der Waals surface area contributed by atoms with Gasteiger partial charge in [-0.25, -0.2) is 0 Å². The van der Waals surface area contributed by atoms with Crippen LogP contribution < -0.4 is 0 Å². The van der Waals surface area contributed by atoms with Crippen LogP contribution in [0.3, 0.4) is 0 Å². The fourth-order valence-corrected chi connectivity index (χ4v) is 11.8. The van der Waals surface area contributed by atoms with Gasteiger partial charge in [0.2, 0.25) is 0 Å². The number of fused-ring (bicyclic) bond motifs is 3. The normalized spacial score (nSPS) is 41.4. The van der Waals surface area contributed by atoms with Crippen LogP contribution in [-0.2, 0) is 54.4 Å². The molecule has 2 N–H and O–H groups in total. The van der Waals surface area contributed by atoms with Gasteiger partial charge in [-0.1, -0.05) is 24.6 Å². The Hall–Kier alpha value is -1.23. The zero-order chi connectivity index (χ0) is 35.5. The van der Waals surface area contributed by atoms with Crippen molar-refractivity contribution in [2.75, 3.05) is 48.3 Å². The van der Waals surface area contributed by atoms with E-state index in [0.29, 0.717) is 50.5 Å². The minimum Gasteiger partial charge on any atom is -0.389 e. The van der Waals surface area contributed by atoms with Crippen LogP contribution in [-0.4, -0.2) is 102 Å². The van der Waals surface area contributed by atoms with Crippen LogP contribution >= 0.6 is 0 Å². The number of benzene rings is 1. The summed E-state index contributed by atoms with van der Waals surface area (Å²) in [5.41, 5.74) is -1.70. The molecule has 0 bridgehead atoms. The quantitative estimate of drug-likeness (QED) is 0.230. The third-order valence-electron chi connectivity index (χ3n) is 13.0. The van der Waals surface area contributed by atoms with Gasteiger partial charge in [0.1, 0.15) is 20.4 Å². The minimum atomic E-state index is -4.43. The van der Waals surface area contributed by atoms with Crippen molar-refractivity contribution in [1.29, 1.82) is 0 Å². The van der Waals surface area contributed by atoms with Crippen molar-refractivity contribution in [3.8, 4) is 0 Å². The average Bonchev–Trinajstić information content (AvgIpc) is 3.30. The maximum atomic E-state index is 12.9. The van der Waals surface area contributed by atoms with Crippen molar-refractivity contribution >= 4 is 10.1 Å². The standard InChI is InChI=1S/C36H56O12S/c1-23-8-9-29(49(38,39)40)24(14-23)15-25-10-13-36(47-22-43-7)27-11-12-34(37)17-26(44-20-41-5)16-30-35(34,19-46-32(2,3)48-30)31(27)28(45-21-42-6)18-33(25,36)4/h8-9,14,25-28,30-31,37H,10-13,15-22H2,1-7H3,(H,38,39,40)/t25-,26-,27?,28+,30+,31?,33+,34-,35+,36-/m0/s1. The summed E-state index contributed by atoms with van der Waals surface area (Å²) in [5.74, 6) is -1.19. The Morgan fingerprint density at radius 1 is 0.959 bits per heavy atom. The first-order valence-corrected chi connectivity index (χ1v) is 19.0. The Balaban J connectivity index is 1.47. The SMILES string of the molecule is COCO[C@H]1C[C@H]2OC(C)(C)OC[C@]23C2C(CC[C@]3(O)C1)[C@@]1(OCOC)CC[C@@H](Cc3cc(C)ccc3S(=O)(=O)O)[C@@]1(C)C[C@H]2OCOC. The molecule has 1 spiro atoms. The lowest BCUT2D eigenvalue weighted by atomic mass is 9.40. The molecule has 4 aliphatic carbocycles. The first-order valence-electron chi connectivity index (χ1n) is 17.5. The predicted molar refractivity (Wildman–Crippen MR) is 177 cm³/mol. The molecule has 4 saturated carbocycles. The van der Waals surface area contributed by atoms with Crippen LogP contribution in [0, 0.1) is 35.5 Å². The molecule has 0 amide bonds. The molecular weight excluding hydrogens is 656 g/mol. The van der Waals surface area contributed by atoms with Gasteiger partial charge < -0.3 is 43.0 Å². The summed E-state index contributed by atoms with van der Waals surface area (Å²) in [7, 11) is 0.385. The van der Waals surface area contributed by atoms with Gasteiger partial charge in [-0.15, -0.1) is 0 Å². The molecule has 1 aliphatic heterocycles. The minimum absolute atomic E-state index is 0.00803. The molecule has 10 atom stereocenters. The van der Waals surface area contributed by atoms with Crippen molar-refractivity contribution in [1.82, 2.24) is 0 Å². The Labute approximate surface area is 291 Å². The molecule has 2 unspecified atom stereocenters. The van der Waals surface area contributed by atoms with E-state index in [0.717, 1.165) is 12.0 Å². The monoisotopic (exact) mass is 712 g/mol. The summed E-state index contributed by atoms with van der Waals surface area (Å²) in [6, 6.07) is 5.06. The molecule has 5 aliphatic rings. The number of aryl methyl sites for hydroxylation is 1. The number of methoxy groups -OCH3 is 3. The Bertz CT molecular complexity index is 1450. The molecule has 1 heterocycles. The largest absolute Gasteiger partial charge is 0.389 e. The molecule has 49 heavy (non-hydrogen) atoms. The summed E-state index contributed by atoms with van der Waals surface area (Å²) in [5, 5.41) is 12.9. The van der Waals surface area contributed by atoms with Gasteiger partial charge >= 0.3 is 0 Å². The highest BCUT2D eigenvalue weighted by atomic mass is 32.2. The third-order valence-corrected chi connectivity index (χ3v) is 14.0. The summed E-state index contributed by atoms with van der Waals surface area (Å²) < 4.78 is 84.6. The molecule has 1 saturated heterocycles. The number of rotatable bonds is 12. The Morgan fingerprint density at radius 2 is 1.67 bits per heavy atom. The van der Waals surface area contributed by atoms with E-state index >= 15 is 0 Å². The van der Waals surface area contributed by atoms with Crippen LogP contribution in [0.15, 0.2) is 23.1 Å². The molecule has 0 aromatic heterocycles. The molecule has 0 radical (unpaired) electrons. The lowest BCUT2D eigenvalue weighted by Crippen LogP contribution is -2.78. The van der Waals surface area contributed by atoms with Gasteiger partial charge in [-0.05, 0) is 82.8 Å². The maximum Gasteiger partial charge on any atom is 0.294 e. The number of aliphatic hydroxyl groups is 1. The molecule has 6 rings (SSSR count). The average molecular weight is 713 g/mol. The molecule has 1 aromatic carbocycles. The maximum absolute atomic E-state index is 12.9. The highest BCUT2D eigenvalue weighted by molar-refractivity contribution is 7.85. The van der Waals surface area contributed by atoms with Crippen molar-refractivity contribution in [3.05, 3.63) is 29.3 Å². The van der Waals surface area contributed by atoms with Crippen LogP contribution in [0.4, 0.5) is 0 Å². The number of hydrogen-bond donors (Lipinski definition) is 2. The predicted octanol–water partition coefficient (Wildman–Crippen LogP) is 4.63. The van der Waals surface area contributed by atoms with Gasteiger partial charge in [0, 0.05) is 45.5 Å².